The molecule has 6 heteroatoms. The summed E-state index contributed by atoms with van der Waals surface area (Å²) in [5.41, 5.74) is 1.71. The van der Waals surface area contributed by atoms with Crippen LogP contribution < -0.4 is 10.2 Å². The van der Waals surface area contributed by atoms with Crippen molar-refractivity contribution in [1.82, 2.24) is 9.88 Å². The Bertz CT molecular complexity index is 778. The Morgan fingerprint density at radius 2 is 2.00 bits per heavy atom. The van der Waals surface area contributed by atoms with Crippen LogP contribution in [0.5, 0.6) is 0 Å². The molecular formula is C18H18N4O2. The number of carbonyl (C=O) groups excluding carboxylic acids is 2. The molecule has 2 aromatic rings. The predicted molar refractivity (Wildman–Crippen MR) is 90.7 cm³/mol. The van der Waals surface area contributed by atoms with E-state index in [1.807, 2.05) is 35.2 Å². The molecule has 1 unspecified atom stereocenters. The molecule has 1 aromatic heterocycles. The molecule has 1 aromatic carbocycles. The van der Waals surface area contributed by atoms with Crippen LogP contribution in [0.15, 0.2) is 48.7 Å². The fourth-order valence-corrected chi connectivity index (χ4v) is 3.45. The molecule has 0 saturated carbocycles. The molecule has 6 nitrogen and oxygen atoms in total. The summed E-state index contributed by atoms with van der Waals surface area (Å²) < 4.78 is 0. The zero-order valence-corrected chi connectivity index (χ0v) is 13.2. The number of hydrogen-bond donors (Lipinski definition) is 1. The Morgan fingerprint density at radius 1 is 1.17 bits per heavy atom. The van der Waals surface area contributed by atoms with E-state index in [1.165, 1.54) is 4.90 Å². The van der Waals surface area contributed by atoms with Crippen molar-refractivity contribution < 1.29 is 9.59 Å². The van der Waals surface area contributed by atoms with Crippen LogP contribution >= 0.6 is 0 Å². The van der Waals surface area contributed by atoms with Gasteiger partial charge in [-0.25, -0.2) is 9.78 Å². The molecule has 1 atom stereocenters. The van der Waals surface area contributed by atoms with Crippen molar-refractivity contribution in [3.8, 4) is 0 Å². The van der Waals surface area contributed by atoms with Gasteiger partial charge in [-0.05, 0) is 30.5 Å². The molecule has 1 fully saturated rings. The highest BCUT2D eigenvalue weighted by Crippen LogP contribution is 2.35. The van der Waals surface area contributed by atoms with Crippen molar-refractivity contribution in [2.24, 2.45) is 0 Å². The summed E-state index contributed by atoms with van der Waals surface area (Å²) in [5, 5.41) is 2.76. The lowest BCUT2D eigenvalue weighted by atomic mass is 10.1. The van der Waals surface area contributed by atoms with E-state index < -0.39 is 0 Å². The fourth-order valence-electron chi connectivity index (χ4n) is 3.45. The van der Waals surface area contributed by atoms with Crippen molar-refractivity contribution in [2.45, 2.75) is 18.9 Å². The van der Waals surface area contributed by atoms with Gasteiger partial charge >= 0.3 is 6.03 Å². The summed E-state index contributed by atoms with van der Waals surface area (Å²) in [7, 11) is 0. The molecule has 2 aliphatic heterocycles. The third-order valence-corrected chi connectivity index (χ3v) is 4.53. The first kappa shape index (κ1) is 14.7. The first-order chi connectivity index (χ1) is 11.7. The fraction of sp³-hybridized carbons (Fsp3) is 0.278. The molecule has 1 N–H and O–H groups in total. The topological polar surface area (TPSA) is 65.5 Å². The van der Waals surface area contributed by atoms with Crippen molar-refractivity contribution in [3.63, 3.8) is 0 Å². The van der Waals surface area contributed by atoms with E-state index in [0.29, 0.717) is 18.1 Å². The van der Waals surface area contributed by atoms with Gasteiger partial charge in [-0.15, -0.1) is 0 Å². The monoisotopic (exact) mass is 322 g/mol. The average molecular weight is 322 g/mol. The Kier molecular flexibility index (Phi) is 3.65. The second-order valence-corrected chi connectivity index (χ2v) is 6.05. The molecule has 3 amide bonds. The number of likely N-dealkylation sites (tertiary alicyclic amines) is 1. The summed E-state index contributed by atoms with van der Waals surface area (Å²) in [6, 6.07) is 13.4. The Morgan fingerprint density at radius 3 is 2.83 bits per heavy atom. The minimum atomic E-state index is -0.195. The lowest BCUT2D eigenvalue weighted by molar-refractivity contribution is -0.115. The number of urea groups is 1. The molecule has 122 valence electrons. The molecule has 0 radical (unpaired) electrons. The number of benzene rings is 1. The number of hydrogen-bond acceptors (Lipinski definition) is 3. The van der Waals surface area contributed by atoms with Crippen LogP contribution in [-0.4, -0.2) is 34.9 Å². The van der Waals surface area contributed by atoms with E-state index in [-0.39, 0.29) is 24.5 Å². The zero-order valence-electron chi connectivity index (χ0n) is 13.2. The lowest BCUT2D eigenvalue weighted by Gasteiger charge is -2.34. The first-order valence-corrected chi connectivity index (χ1v) is 8.12. The van der Waals surface area contributed by atoms with E-state index in [9.17, 15) is 9.59 Å². The number of anilines is 2. The lowest BCUT2D eigenvalue weighted by Crippen LogP contribution is -2.49. The van der Waals surface area contributed by atoms with E-state index in [0.717, 1.165) is 18.4 Å². The summed E-state index contributed by atoms with van der Waals surface area (Å²) in [4.78, 5) is 32.7. The maximum Gasteiger partial charge on any atom is 0.326 e. The summed E-state index contributed by atoms with van der Waals surface area (Å²) >= 11 is 0. The second kappa shape index (κ2) is 5.96. The largest absolute Gasteiger partial charge is 0.326 e. The Hall–Kier alpha value is -2.89. The number of nitrogens with zero attached hydrogens (tertiary/aromatic N) is 3. The van der Waals surface area contributed by atoms with Crippen LogP contribution in [0.4, 0.5) is 16.3 Å². The normalized spacial score (nSPS) is 19.8. The van der Waals surface area contributed by atoms with Crippen LogP contribution in [0, 0.1) is 0 Å². The molecule has 1 saturated heterocycles. The molecule has 24 heavy (non-hydrogen) atoms. The number of fused-ring (bicyclic) bond motifs is 1. The number of amides is 3. The maximum absolute atomic E-state index is 13.1. The number of aromatic nitrogens is 1. The Labute approximate surface area is 140 Å². The molecule has 2 aliphatic rings. The molecule has 4 rings (SSSR count). The minimum absolute atomic E-state index is 0.000850. The van der Waals surface area contributed by atoms with E-state index in [1.54, 1.807) is 18.3 Å². The van der Waals surface area contributed by atoms with Gasteiger partial charge in [-0.1, -0.05) is 30.3 Å². The quantitative estimate of drug-likeness (QED) is 0.878. The highest BCUT2D eigenvalue weighted by molar-refractivity contribution is 6.08. The molecular weight excluding hydrogens is 304 g/mol. The summed E-state index contributed by atoms with van der Waals surface area (Å²) in [6.45, 7) is 0.694. The number of nitrogens with one attached hydrogen (secondary N) is 1. The van der Waals surface area contributed by atoms with Crippen molar-refractivity contribution in [3.05, 3.63) is 54.2 Å². The van der Waals surface area contributed by atoms with E-state index >= 15 is 0 Å². The van der Waals surface area contributed by atoms with Gasteiger partial charge in [0.2, 0.25) is 5.91 Å². The number of carbonyl (C=O) groups is 2. The van der Waals surface area contributed by atoms with Crippen molar-refractivity contribution in [1.29, 1.82) is 0 Å². The smallest absolute Gasteiger partial charge is 0.321 e. The van der Waals surface area contributed by atoms with Crippen molar-refractivity contribution >= 4 is 23.4 Å². The van der Waals surface area contributed by atoms with Crippen LogP contribution in [0.2, 0.25) is 0 Å². The summed E-state index contributed by atoms with van der Waals surface area (Å²) in [5.74, 6) is 0.320. The standard InChI is InChI=1S/C18H18N4O2/c23-16-12-22(17-14(20-16)8-4-10-19-17)18(24)21-11-5-9-15(21)13-6-2-1-3-7-13/h1-4,6-8,10,15H,5,9,11-12H2,(H,20,23). The van der Waals surface area contributed by atoms with Gasteiger partial charge in [0.25, 0.3) is 0 Å². The van der Waals surface area contributed by atoms with Crippen LogP contribution in [0.3, 0.4) is 0 Å². The highest BCUT2D eigenvalue weighted by Gasteiger charge is 2.36. The number of rotatable bonds is 1. The van der Waals surface area contributed by atoms with Gasteiger partial charge in [0, 0.05) is 12.7 Å². The third-order valence-electron chi connectivity index (χ3n) is 4.53. The van der Waals surface area contributed by atoms with Gasteiger partial charge < -0.3 is 10.2 Å². The molecule has 0 bridgehead atoms. The van der Waals surface area contributed by atoms with E-state index in [4.69, 9.17) is 0 Å². The van der Waals surface area contributed by atoms with Gasteiger partial charge in [0.05, 0.1) is 11.7 Å². The maximum atomic E-state index is 13.1. The third kappa shape index (κ3) is 2.50. The van der Waals surface area contributed by atoms with Gasteiger partial charge in [-0.2, -0.15) is 0 Å². The van der Waals surface area contributed by atoms with Crippen molar-refractivity contribution in [2.75, 3.05) is 23.3 Å². The zero-order chi connectivity index (χ0) is 16.5. The number of pyridine rings is 1. The molecule has 0 spiro atoms. The Balaban J connectivity index is 1.65. The SMILES string of the molecule is O=C1CN(C(=O)N2CCCC2c2ccccc2)c2ncccc2N1. The average Bonchev–Trinajstić information content (AvgIpc) is 3.11. The minimum Gasteiger partial charge on any atom is -0.321 e. The van der Waals surface area contributed by atoms with Gasteiger partial charge in [0.15, 0.2) is 5.82 Å². The van der Waals surface area contributed by atoms with Crippen LogP contribution in [0.25, 0.3) is 0 Å². The van der Waals surface area contributed by atoms with Crippen LogP contribution in [-0.2, 0) is 4.79 Å². The summed E-state index contributed by atoms with van der Waals surface area (Å²) in [6.07, 6.45) is 3.53. The molecule has 3 heterocycles. The van der Waals surface area contributed by atoms with Gasteiger partial charge in [0.1, 0.15) is 6.54 Å². The first-order valence-electron chi connectivity index (χ1n) is 8.12. The molecule has 0 aliphatic carbocycles. The second-order valence-electron chi connectivity index (χ2n) is 6.05. The highest BCUT2D eigenvalue weighted by atomic mass is 16.2. The van der Waals surface area contributed by atoms with E-state index in [2.05, 4.69) is 10.3 Å². The predicted octanol–water partition coefficient (Wildman–Crippen LogP) is 2.80. The van der Waals surface area contributed by atoms with Gasteiger partial charge in [-0.3, -0.25) is 9.69 Å². The van der Waals surface area contributed by atoms with Crippen LogP contribution in [0.1, 0.15) is 24.4 Å².